The Labute approximate surface area is 164 Å². The molecule has 0 heterocycles. The van der Waals surface area contributed by atoms with Crippen LogP contribution in [0.2, 0.25) is 0 Å². The number of nitrogens with one attached hydrogen (secondary N) is 2. The van der Waals surface area contributed by atoms with Crippen LogP contribution in [0.1, 0.15) is 61.8 Å². The zero-order chi connectivity index (χ0) is 14.3. The molecule has 0 bridgehead atoms. The predicted octanol–water partition coefficient (Wildman–Crippen LogP) is 0.635. The molecule has 0 fully saturated rings. The van der Waals surface area contributed by atoms with Crippen LogP contribution < -0.4 is 62.0 Å². The predicted molar refractivity (Wildman–Crippen MR) is 82.7 cm³/mol. The van der Waals surface area contributed by atoms with E-state index in [4.69, 9.17) is 0 Å². The quantitative estimate of drug-likeness (QED) is 0.257. The molecule has 0 aliphatic rings. The van der Waals surface area contributed by atoms with E-state index < -0.39 is 0 Å². The first kappa shape index (κ1) is 31.8. The smallest absolute Gasteiger partial charge is 0.568 e. The molecule has 0 amide bonds. The summed E-state index contributed by atoms with van der Waals surface area (Å²) in [6.45, 7) is 16.8. The Hall–Kier alpha value is 0.646. The minimum atomic E-state index is -0.131. The third-order valence-corrected chi connectivity index (χ3v) is 1.19. The van der Waals surface area contributed by atoms with Crippen LogP contribution in [-0.4, -0.2) is 18.4 Å². The second-order valence-corrected chi connectivity index (χ2v) is 3.90. The van der Waals surface area contributed by atoms with Gasteiger partial charge in [-0.2, -0.15) is 0 Å². The minimum Gasteiger partial charge on any atom is -0.568 e. The van der Waals surface area contributed by atoms with Crippen molar-refractivity contribution in [1.29, 1.82) is 0 Å². The second kappa shape index (κ2) is 23.7. The molecule has 0 saturated heterocycles. The minimum absolute atomic E-state index is 0. The number of carbonyl (C=O) groups excluding carboxylic acids is 1. The Morgan fingerprint density at radius 1 is 1.11 bits per heavy atom. The summed E-state index contributed by atoms with van der Waals surface area (Å²) in [4.78, 5) is 10.4. The van der Waals surface area contributed by atoms with Crippen molar-refractivity contribution in [2.75, 3.05) is 6.54 Å². The fraction of sp³-hybridized carbons (Fsp3) is 0.733. The Balaban J connectivity index is -0.0000000988. The number of rotatable bonds is 5. The van der Waals surface area contributed by atoms with Gasteiger partial charge in [0.1, 0.15) is 0 Å². The van der Waals surface area contributed by atoms with Gasteiger partial charge in [0.05, 0.1) is 0 Å². The van der Waals surface area contributed by atoms with Crippen molar-refractivity contribution in [3.63, 3.8) is 0 Å². The molecule has 0 radical (unpaired) electrons. The Morgan fingerprint density at radius 3 is 1.79 bits per heavy atom. The number of allylic oxidation sites excluding steroid dienone is 1. The number of hydrogen-bond donors (Lipinski definition) is 2. The van der Waals surface area contributed by atoms with Crippen LogP contribution in [0.5, 0.6) is 0 Å². The van der Waals surface area contributed by atoms with Crippen molar-refractivity contribution in [2.45, 2.75) is 67.3 Å². The standard InChI is InChI=1S/C10H18N2O.2C2H6.CH3.K/c1-5-6-11-7-9(8-13)12-10(2,3)4;2*1-2;;/h11-12H,5-6H2,1-4H3;2*1-2H3;1H3;/q-2;;;-1;+1. The molecule has 0 rings (SSSR count). The molecule has 0 atom stereocenters. The van der Waals surface area contributed by atoms with Gasteiger partial charge >= 0.3 is 51.4 Å². The Bertz CT molecular complexity index is 187. The molecule has 112 valence electrons. The molecule has 2 N–H and O–H groups in total. The van der Waals surface area contributed by atoms with Crippen LogP contribution >= 0.6 is 0 Å². The first-order valence-electron chi connectivity index (χ1n) is 6.51. The van der Waals surface area contributed by atoms with E-state index >= 15 is 0 Å². The van der Waals surface area contributed by atoms with Gasteiger partial charge in [0, 0.05) is 5.54 Å². The van der Waals surface area contributed by atoms with E-state index in [2.05, 4.69) is 23.8 Å². The molecular formula is C15H33KN2O-2. The summed E-state index contributed by atoms with van der Waals surface area (Å²) in [6, 6.07) is 0. The summed E-state index contributed by atoms with van der Waals surface area (Å²) in [5, 5.41) is 5.88. The van der Waals surface area contributed by atoms with Crippen molar-refractivity contribution in [3.8, 4) is 0 Å². The SMILES string of the molecule is CC.CC.CCCN[C-]=C([C-]=O)NC(C)(C)C.[CH3-].[K+]. The topological polar surface area (TPSA) is 41.1 Å². The molecule has 0 aromatic rings. The average molecular weight is 297 g/mol. The summed E-state index contributed by atoms with van der Waals surface area (Å²) in [5.74, 6) is 0. The van der Waals surface area contributed by atoms with Crippen molar-refractivity contribution in [1.82, 2.24) is 10.6 Å². The third kappa shape index (κ3) is 32.3. The maximum atomic E-state index is 10.4. The first-order valence-corrected chi connectivity index (χ1v) is 6.51. The summed E-state index contributed by atoms with van der Waals surface area (Å²) in [5.41, 5.74) is 0.217. The summed E-state index contributed by atoms with van der Waals surface area (Å²) < 4.78 is 0. The van der Waals surface area contributed by atoms with Crippen molar-refractivity contribution in [3.05, 3.63) is 19.3 Å². The van der Waals surface area contributed by atoms with Crippen LogP contribution in [0, 0.1) is 13.6 Å². The van der Waals surface area contributed by atoms with Crippen LogP contribution in [0.25, 0.3) is 0 Å². The summed E-state index contributed by atoms with van der Waals surface area (Å²) in [7, 11) is 0. The van der Waals surface area contributed by atoms with E-state index in [1.807, 2.05) is 48.5 Å². The van der Waals surface area contributed by atoms with Crippen LogP contribution in [-0.2, 0) is 4.79 Å². The van der Waals surface area contributed by atoms with E-state index in [-0.39, 0.29) is 64.4 Å². The molecular weight excluding hydrogens is 263 g/mol. The van der Waals surface area contributed by atoms with Gasteiger partial charge in [0.15, 0.2) is 0 Å². The fourth-order valence-electron chi connectivity index (χ4n) is 0.733. The number of hydrogen-bond acceptors (Lipinski definition) is 3. The molecule has 0 unspecified atom stereocenters. The zero-order valence-corrected chi connectivity index (χ0v) is 17.9. The van der Waals surface area contributed by atoms with Crippen molar-refractivity contribution in [2.24, 2.45) is 0 Å². The van der Waals surface area contributed by atoms with Gasteiger partial charge in [-0.15, -0.1) is 0 Å². The third-order valence-electron chi connectivity index (χ3n) is 1.19. The molecule has 4 heteroatoms. The summed E-state index contributed by atoms with van der Waals surface area (Å²) in [6.07, 6.45) is 5.57. The van der Waals surface area contributed by atoms with Crippen LogP contribution in [0.15, 0.2) is 5.70 Å². The van der Waals surface area contributed by atoms with Crippen molar-refractivity contribution < 1.29 is 56.2 Å². The maximum Gasteiger partial charge on any atom is 1.00 e. The van der Waals surface area contributed by atoms with Gasteiger partial charge < -0.3 is 29.1 Å². The average Bonchev–Trinajstić information content (AvgIpc) is 2.32. The fourth-order valence-corrected chi connectivity index (χ4v) is 0.733. The van der Waals surface area contributed by atoms with E-state index in [9.17, 15) is 4.79 Å². The van der Waals surface area contributed by atoms with Gasteiger partial charge in [-0.3, -0.25) is 12.0 Å². The van der Waals surface area contributed by atoms with E-state index in [0.29, 0.717) is 5.70 Å². The zero-order valence-electron chi connectivity index (χ0n) is 14.8. The van der Waals surface area contributed by atoms with Gasteiger partial charge in [0.25, 0.3) is 0 Å². The molecule has 19 heavy (non-hydrogen) atoms. The van der Waals surface area contributed by atoms with Crippen molar-refractivity contribution >= 4 is 6.29 Å². The molecule has 0 saturated carbocycles. The molecule has 3 nitrogen and oxygen atoms in total. The normalized spacial score (nSPS) is 9.16. The van der Waals surface area contributed by atoms with Crippen LogP contribution in [0.3, 0.4) is 0 Å². The van der Waals surface area contributed by atoms with E-state index in [0.717, 1.165) is 13.0 Å². The molecule has 0 aromatic carbocycles. The van der Waals surface area contributed by atoms with Gasteiger partial charge in [0.2, 0.25) is 0 Å². The molecule has 0 spiro atoms. The van der Waals surface area contributed by atoms with E-state index in [1.165, 1.54) is 0 Å². The van der Waals surface area contributed by atoms with Crippen LogP contribution in [0.4, 0.5) is 0 Å². The Morgan fingerprint density at radius 2 is 1.53 bits per heavy atom. The second-order valence-electron chi connectivity index (χ2n) is 3.90. The molecule has 0 aliphatic carbocycles. The van der Waals surface area contributed by atoms with E-state index in [1.54, 1.807) is 6.29 Å². The molecule has 0 aliphatic heterocycles. The maximum absolute atomic E-state index is 10.4. The monoisotopic (exact) mass is 296 g/mol. The van der Waals surface area contributed by atoms with Gasteiger partial charge in [-0.1, -0.05) is 34.6 Å². The molecule has 0 aromatic heterocycles. The van der Waals surface area contributed by atoms with Gasteiger partial charge in [-0.05, 0) is 33.7 Å². The van der Waals surface area contributed by atoms with Gasteiger partial charge in [-0.25, -0.2) is 0 Å². The summed E-state index contributed by atoms with van der Waals surface area (Å²) >= 11 is 0. The largest absolute Gasteiger partial charge is 1.00 e. The Kier molecular flexibility index (Phi) is 39.7. The first-order chi connectivity index (χ1) is 7.99.